The normalized spacial score (nSPS) is 15.1. The molecule has 0 aromatic heterocycles. The first-order chi connectivity index (χ1) is 16.2. The first-order valence-electron chi connectivity index (χ1n) is 10.8. The van der Waals surface area contributed by atoms with Crippen molar-refractivity contribution in [2.45, 2.75) is 18.6 Å². The van der Waals surface area contributed by atoms with Crippen LogP contribution in [0.5, 0.6) is 0 Å². The summed E-state index contributed by atoms with van der Waals surface area (Å²) in [5, 5.41) is 6.24. The number of amides is 2. The molecule has 1 aliphatic heterocycles. The number of anilines is 1. The van der Waals surface area contributed by atoms with E-state index in [4.69, 9.17) is 27.9 Å². The van der Waals surface area contributed by atoms with Gasteiger partial charge in [0, 0.05) is 32.7 Å². The molecule has 1 heterocycles. The van der Waals surface area contributed by atoms with Gasteiger partial charge in [-0.05, 0) is 42.7 Å². The molecule has 2 amide bonds. The molecule has 0 unspecified atom stereocenters. The van der Waals surface area contributed by atoms with Gasteiger partial charge in [-0.1, -0.05) is 41.4 Å². The molecule has 11 heteroatoms. The minimum atomic E-state index is -3.57. The van der Waals surface area contributed by atoms with Crippen molar-refractivity contribution in [3.8, 4) is 0 Å². The van der Waals surface area contributed by atoms with E-state index in [-0.39, 0.29) is 36.6 Å². The number of carbonyl (C=O) groups excluding carboxylic acids is 2. The third-order valence-electron chi connectivity index (χ3n) is 5.57. The first-order valence-corrected chi connectivity index (χ1v) is 13.2. The fourth-order valence-corrected chi connectivity index (χ4v) is 5.59. The Bertz CT molecular complexity index is 1140. The highest BCUT2D eigenvalue weighted by Crippen LogP contribution is 2.27. The molecule has 0 radical (unpaired) electrons. The van der Waals surface area contributed by atoms with Crippen LogP contribution in [0.4, 0.5) is 5.69 Å². The monoisotopic (exact) mass is 527 g/mol. The Morgan fingerprint density at radius 2 is 1.79 bits per heavy atom. The molecule has 3 rings (SSSR count). The van der Waals surface area contributed by atoms with Gasteiger partial charge in [-0.25, -0.2) is 12.7 Å². The number of benzene rings is 2. The van der Waals surface area contributed by atoms with Crippen LogP contribution in [0, 0.1) is 5.92 Å². The Kier molecular flexibility index (Phi) is 9.32. The van der Waals surface area contributed by atoms with Crippen molar-refractivity contribution < 1.29 is 22.7 Å². The predicted octanol–water partition coefficient (Wildman–Crippen LogP) is 3.55. The Hall–Kier alpha value is -2.17. The van der Waals surface area contributed by atoms with E-state index in [9.17, 15) is 18.0 Å². The molecule has 0 aliphatic carbocycles. The number of rotatable bonds is 9. The number of piperidine rings is 1. The average molecular weight is 528 g/mol. The number of nitrogens with one attached hydrogen (secondary N) is 2. The van der Waals surface area contributed by atoms with Crippen LogP contribution in [0.3, 0.4) is 0 Å². The number of para-hydroxylation sites is 1. The maximum Gasteiger partial charge on any atom is 0.253 e. The molecule has 0 atom stereocenters. The van der Waals surface area contributed by atoms with Crippen LogP contribution in [0.1, 0.15) is 28.8 Å². The second kappa shape index (κ2) is 12.0. The van der Waals surface area contributed by atoms with Crippen molar-refractivity contribution in [1.29, 1.82) is 0 Å². The highest BCUT2D eigenvalue weighted by Gasteiger charge is 2.31. The third-order valence-corrected chi connectivity index (χ3v) is 8.16. The summed E-state index contributed by atoms with van der Waals surface area (Å²) in [5.41, 5.74) is 1.32. The quantitative estimate of drug-likeness (QED) is 0.485. The van der Waals surface area contributed by atoms with Gasteiger partial charge < -0.3 is 15.4 Å². The van der Waals surface area contributed by atoms with Gasteiger partial charge in [-0.15, -0.1) is 0 Å². The molecule has 184 valence electrons. The molecule has 0 saturated carbocycles. The maximum atomic E-state index is 12.9. The number of sulfonamides is 1. The lowest BCUT2D eigenvalue weighted by Crippen LogP contribution is -2.42. The topological polar surface area (TPSA) is 105 Å². The van der Waals surface area contributed by atoms with Crippen molar-refractivity contribution in [1.82, 2.24) is 9.62 Å². The zero-order valence-electron chi connectivity index (χ0n) is 18.7. The average Bonchev–Trinajstić information content (AvgIpc) is 2.82. The number of ether oxygens (including phenoxy) is 1. The van der Waals surface area contributed by atoms with E-state index in [2.05, 4.69) is 10.6 Å². The first kappa shape index (κ1) is 26.4. The van der Waals surface area contributed by atoms with Crippen molar-refractivity contribution >= 4 is 50.7 Å². The molecule has 2 aromatic rings. The lowest BCUT2D eigenvalue weighted by atomic mass is 9.97. The number of halogens is 2. The fraction of sp³-hybridized carbons (Fsp3) is 0.391. The predicted molar refractivity (Wildman–Crippen MR) is 133 cm³/mol. The van der Waals surface area contributed by atoms with Crippen LogP contribution in [-0.4, -0.2) is 57.9 Å². The molecule has 2 aromatic carbocycles. The van der Waals surface area contributed by atoms with Crippen LogP contribution in [0.2, 0.25) is 10.0 Å². The summed E-state index contributed by atoms with van der Waals surface area (Å²) < 4.78 is 32.0. The Labute approximate surface area is 209 Å². The molecule has 0 bridgehead atoms. The highest BCUT2D eigenvalue weighted by molar-refractivity contribution is 7.88. The lowest BCUT2D eigenvalue weighted by Gasteiger charge is -2.30. The molecule has 34 heavy (non-hydrogen) atoms. The van der Waals surface area contributed by atoms with Crippen molar-refractivity contribution in [3.05, 3.63) is 63.6 Å². The second-order valence-electron chi connectivity index (χ2n) is 7.96. The summed E-state index contributed by atoms with van der Waals surface area (Å²) in [6.07, 6.45) is 0.767. The van der Waals surface area contributed by atoms with E-state index < -0.39 is 10.0 Å². The molecule has 8 nitrogen and oxygen atoms in total. The third kappa shape index (κ3) is 6.93. The Balaban J connectivity index is 1.58. The summed E-state index contributed by atoms with van der Waals surface area (Å²) in [7, 11) is -2.02. The van der Waals surface area contributed by atoms with E-state index in [1.807, 2.05) is 0 Å². The number of carbonyl (C=O) groups is 2. The molecule has 1 fully saturated rings. The van der Waals surface area contributed by atoms with Crippen molar-refractivity contribution in [2.24, 2.45) is 5.92 Å². The second-order valence-corrected chi connectivity index (χ2v) is 10.7. The van der Waals surface area contributed by atoms with Crippen LogP contribution in [0.25, 0.3) is 0 Å². The van der Waals surface area contributed by atoms with Gasteiger partial charge in [-0.3, -0.25) is 9.59 Å². The van der Waals surface area contributed by atoms with E-state index in [0.29, 0.717) is 52.9 Å². The van der Waals surface area contributed by atoms with Crippen molar-refractivity contribution in [2.75, 3.05) is 38.7 Å². The van der Waals surface area contributed by atoms with Gasteiger partial charge >= 0.3 is 0 Å². The lowest BCUT2D eigenvalue weighted by molar-refractivity contribution is -0.120. The van der Waals surface area contributed by atoms with Gasteiger partial charge in [0.1, 0.15) is 0 Å². The summed E-state index contributed by atoms with van der Waals surface area (Å²) in [5.74, 6) is -1.09. The van der Waals surface area contributed by atoms with Crippen molar-refractivity contribution in [3.63, 3.8) is 0 Å². The van der Waals surface area contributed by atoms with Gasteiger partial charge in [-0.2, -0.15) is 0 Å². The van der Waals surface area contributed by atoms with Crippen LogP contribution in [0.15, 0.2) is 42.5 Å². The number of hydrogen-bond donors (Lipinski definition) is 2. The van der Waals surface area contributed by atoms with E-state index >= 15 is 0 Å². The van der Waals surface area contributed by atoms with Crippen LogP contribution >= 0.6 is 23.2 Å². The molecule has 0 spiro atoms. The molecular formula is C23H27Cl2N3O5S. The van der Waals surface area contributed by atoms with E-state index in [1.54, 1.807) is 49.6 Å². The minimum Gasteiger partial charge on any atom is -0.383 e. The SMILES string of the molecule is COCCNC(=O)c1ccccc1NC(=O)C1CCN(S(=O)(=O)Cc2ccc(Cl)c(Cl)c2)CC1. The van der Waals surface area contributed by atoms with Gasteiger partial charge in [0.2, 0.25) is 15.9 Å². The van der Waals surface area contributed by atoms with Gasteiger partial charge in [0.05, 0.1) is 33.7 Å². The summed E-state index contributed by atoms with van der Waals surface area (Å²) in [6, 6.07) is 11.5. The minimum absolute atomic E-state index is 0.188. The fourth-order valence-electron chi connectivity index (χ4n) is 3.71. The maximum absolute atomic E-state index is 12.9. The summed E-state index contributed by atoms with van der Waals surface area (Å²) in [4.78, 5) is 25.3. The highest BCUT2D eigenvalue weighted by atomic mass is 35.5. The number of nitrogens with zero attached hydrogens (tertiary/aromatic N) is 1. The smallest absolute Gasteiger partial charge is 0.253 e. The largest absolute Gasteiger partial charge is 0.383 e. The standard InChI is InChI=1S/C23H27Cl2N3O5S/c1-33-13-10-26-23(30)18-4-2-3-5-21(18)27-22(29)17-8-11-28(12-9-17)34(31,32)15-16-6-7-19(24)20(25)14-16/h2-7,14,17H,8-13,15H2,1H3,(H,26,30)(H,27,29). The van der Waals surface area contributed by atoms with Gasteiger partial charge in [0.25, 0.3) is 5.91 Å². The summed E-state index contributed by atoms with van der Waals surface area (Å²) >= 11 is 11.9. The summed E-state index contributed by atoms with van der Waals surface area (Å²) in [6.45, 7) is 1.21. The van der Waals surface area contributed by atoms with Crippen LogP contribution in [-0.2, 0) is 25.3 Å². The number of methoxy groups -OCH3 is 1. The molecular weight excluding hydrogens is 501 g/mol. The Morgan fingerprint density at radius 1 is 1.09 bits per heavy atom. The zero-order chi connectivity index (χ0) is 24.7. The Morgan fingerprint density at radius 3 is 2.47 bits per heavy atom. The van der Waals surface area contributed by atoms with Gasteiger partial charge in [0.15, 0.2) is 0 Å². The molecule has 1 aliphatic rings. The molecule has 2 N–H and O–H groups in total. The molecule has 1 saturated heterocycles. The number of hydrogen-bond acceptors (Lipinski definition) is 5. The van der Waals surface area contributed by atoms with E-state index in [0.717, 1.165) is 0 Å². The van der Waals surface area contributed by atoms with Crippen LogP contribution < -0.4 is 10.6 Å². The van der Waals surface area contributed by atoms with E-state index in [1.165, 1.54) is 4.31 Å². The zero-order valence-corrected chi connectivity index (χ0v) is 21.0.